The minimum Gasteiger partial charge on any atom is -0.539 e. The third kappa shape index (κ3) is 13.2. The molecule has 0 heterocycles. The standard InChI is InChI=1S/C41H69F6OSi3/c1-8-14-15-16-17-21-24-29-51(31-26-28-50(11-4,12-5)13-6,30-25-22-19-18-20-23-27-49(7,9-2)10-3)48-41-39(46)35-33(36(43)40(41)47)32-34(42)37(44)38(35)45/h8-31H2,1-7H3. The number of hydrogen-bond donors (Lipinski definition) is 0. The van der Waals surface area contributed by atoms with E-state index in [2.05, 4.69) is 48.1 Å². The summed E-state index contributed by atoms with van der Waals surface area (Å²) in [5.74, 6) is -11.5. The van der Waals surface area contributed by atoms with E-state index < -0.39 is 75.9 Å². The van der Waals surface area contributed by atoms with Crippen molar-refractivity contribution in [3.05, 3.63) is 41.0 Å². The Hall–Kier alpha value is -1.27. The van der Waals surface area contributed by atoms with Crippen LogP contribution in [0.25, 0.3) is 10.8 Å². The van der Waals surface area contributed by atoms with Gasteiger partial charge in [-0.1, -0.05) is 180 Å². The quantitative estimate of drug-likeness (QED) is 0.0275. The molecule has 51 heavy (non-hydrogen) atoms. The third-order valence-electron chi connectivity index (χ3n) is 12.6. The molecule has 1 nitrogen and oxygen atoms in total. The fourth-order valence-electron chi connectivity index (χ4n) is 7.95. The molecule has 0 bridgehead atoms. The molecule has 1 atom stereocenters. The number of unbranched alkanes of at least 4 members (excludes halogenated alkanes) is 11. The van der Waals surface area contributed by atoms with Gasteiger partial charge in [0.25, 0.3) is 8.32 Å². The van der Waals surface area contributed by atoms with Crippen molar-refractivity contribution < 1.29 is 30.8 Å². The number of halogens is 6. The highest BCUT2D eigenvalue weighted by molar-refractivity contribution is 6.80. The van der Waals surface area contributed by atoms with Crippen LogP contribution in [0.3, 0.4) is 0 Å². The Kier molecular flexibility index (Phi) is 20.5. The molecule has 0 saturated carbocycles. The summed E-state index contributed by atoms with van der Waals surface area (Å²) in [5.41, 5.74) is 0. The Morgan fingerprint density at radius 2 is 0.941 bits per heavy atom. The largest absolute Gasteiger partial charge is 0.539 e. The maximum atomic E-state index is 16.1. The lowest BCUT2D eigenvalue weighted by molar-refractivity contribution is 0.407. The highest BCUT2D eigenvalue weighted by atomic mass is 28.4. The van der Waals surface area contributed by atoms with Gasteiger partial charge in [-0.3, -0.25) is 0 Å². The van der Waals surface area contributed by atoms with Gasteiger partial charge >= 0.3 is 0 Å². The normalized spacial score (nSPS) is 13.7. The highest BCUT2D eigenvalue weighted by Gasteiger charge is 2.40. The summed E-state index contributed by atoms with van der Waals surface area (Å²) < 4.78 is 96.9. The summed E-state index contributed by atoms with van der Waals surface area (Å²) in [7, 11) is -5.59. The first kappa shape index (κ1) is 45.9. The van der Waals surface area contributed by atoms with Crippen molar-refractivity contribution in [3.8, 4) is 5.75 Å². The second-order valence-electron chi connectivity index (χ2n) is 15.8. The molecule has 293 valence electrons. The minimum atomic E-state index is -2.99. The Bertz CT molecular complexity index is 1310. The highest BCUT2D eigenvalue weighted by Crippen LogP contribution is 2.41. The zero-order valence-electron chi connectivity index (χ0n) is 33.1. The molecule has 1 radical (unpaired) electrons. The molecule has 0 aliphatic carbocycles. The summed E-state index contributed by atoms with van der Waals surface area (Å²) in [4.78, 5) is 0. The first-order valence-corrected chi connectivity index (χ1v) is 29.0. The zero-order valence-corrected chi connectivity index (χ0v) is 36.1. The fourth-order valence-corrected chi connectivity index (χ4v) is 18.4. The van der Waals surface area contributed by atoms with Gasteiger partial charge in [0.15, 0.2) is 34.8 Å². The van der Waals surface area contributed by atoms with Crippen molar-refractivity contribution >= 4 is 35.2 Å². The smallest absolute Gasteiger partial charge is 0.251 e. The van der Waals surface area contributed by atoms with E-state index in [1.807, 2.05) is 0 Å². The van der Waals surface area contributed by atoms with Crippen molar-refractivity contribution in [1.82, 2.24) is 0 Å². The van der Waals surface area contributed by atoms with Gasteiger partial charge in [0, 0.05) is 19.5 Å². The molecule has 10 heteroatoms. The van der Waals surface area contributed by atoms with Crippen LogP contribution >= 0.6 is 0 Å². The molecule has 0 fully saturated rings. The lowest BCUT2D eigenvalue weighted by atomic mass is 10.1. The number of rotatable bonds is 28. The van der Waals surface area contributed by atoms with E-state index in [9.17, 15) is 13.2 Å². The first-order chi connectivity index (χ1) is 24.3. The summed E-state index contributed by atoms with van der Waals surface area (Å²) >= 11 is 0. The van der Waals surface area contributed by atoms with Crippen LogP contribution in [0.15, 0.2) is 0 Å². The number of fused-ring (bicyclic) bond motifs is 1. The summed E-state index contributed by atoms with van der Waals surface area (Å²) in [6, 6.07) is 12.3. The second-order valence-corrected chi connectivity index (χ2v) is 31.0. The minimum absolute atomic E-state index is 0.669. The van der Waals surface area contributed by atoms with Gasteiger partial charge in [-0.25, -0.2) is 22.0 Å². The molecular formula is C41H69F6OSi3. The molecule has 0 aliphatic rings. The molecule has 0 N–H and O–H groups in total. The molecule has 2 rings (SSSR count). The van der Waals surface area contributed by atoms with Crippen LogP contribution in [0, 0.1) is 41.0 Å². The van der Waals surface area contributed by atoms with Gasteiger partial charge in [0.2, 0.25) is 5.82 Å². The van der Waals surface area contributed by atoms with E-state index >= 15 is 13.2 Å². The Morgan fingerprint density at radius 1 is 0.471 bits per heavy atom. The lowest BCUT2D eigenvalue weighted by Gasteiger charge is -2.35. The topological polar surface area (TPSA) is 9.23 Å². The number of hydrogen-bond acceptors (Lipinski definition) is 1. The van der Waals surface area contributed by atoms with Crippen molar-refractivity contribution in [1.29, 1.82) is 0 Å². The van der Waals surface area contributed by atoms with Crippen molar-refractivity contribution in [2.75, 3.05) is 0 Å². The summed E-state index contributed by atoms with van der Waals surface area (Å²) in [5, 5.41) is -2.24. The van der Waals surface area contributed by atoms with Crippen LogP contribution in [-0.4, -0.2) is 24.5 Å². The molecular weight excluding hydrogens is 707 g/mol. The maximum absolute atomic E-state index is 16.1. The van der Waals surface area contributed by atoms with Crippen molar-refractivity contribution in [2.24, 2.45) is 0 Å². The average Bonchev–Trinajstić information content (AvgIpc) is 3.13. The summed E-state index contributed by atoms with van der Waals surface area (Å²) in [6.45, 7) is 16.1. The van der Waals surface area contributed by atoms with E-state index in [1.165, 1.54) is 61.9 Å². The van der Waals surface area contributed by atoms with Gasteiger partial charge in [0.05, 0.1) is 13.5 Å². The van der Waals surface area contributed by atoms with E-state index in [-0.39, 0.29) is 0 Å². The van der Waals surface area contributed by atoms with Crippen molar-refractivity contribution in [3.63, 3.8) is 0 Å². The first-order valence-electron chi connectivity index (χ1n) is 20.6. The van der Waals surface area contributed by atoms with Gasteiger partial charge in [-0.15, -0.1) is 0 Å². The van der Waals surface area contributed by atoms with Crippen LogP contribution in [-0.2, 0) is 0 Å². The van der Waals surface area contributed by atoms with E-state index in [0.29, 0.717) is 18.1 Å². The molecule has 1 unspecified atom stereocenters. The molecule has 2 aromatic carbocycles. The second kappa shape index (κ2) is 22.8. The molecule has 0 amide bonds. The van der Waals surface area contributed by atoms with Gasteiger partial charge in [-0.05, 0) is 18.1 Å². The van der Waals surface area contributed by atoms with Gasteiger partial charge in [0.1, 0.15) is 0 Å². The molecule has 0 aromatic heterocycles. The predicted octanol–water partition coefficient (Wildman–Crippen LogP) is 15.9. The monoisotopic (exact) mass is 775 g/mol. The summed E-state index contributed by atoms with van der Waals surface area (Å²) in [6.07, 6.45) is 15.0. The van der Waals surface area contributed by atoms with E-state index in [4.69, 9.17) is 4.43 Å². The Balaban J connectivity index is 2.42. The maximum Gasteiger partial charge on any atom is 0.251 e. The Labute approximate surface area is 310 Å². The van der Waals surface area contributed by atoms with E-state index in [0.717, 1.165) is 70.3 Å². The Morgan fingerprint density at radius 3 is 1.43 bits per heavy atom. The fraction of sp³-hybridized carbons (Fsp3) is 0.756. The zero-order chi connectivity index (χ0) is 38.1. The molecule has 0 aliphatic heterocycles. The van der Waals surface area contributed by atoms with Crippen LogP contribution in [0.2, 0.25) is 67.0 Å². The van der Waals surface area contributed by atoms with Gasteiger partial charge < -0.3 is 4.43 Å². The van der Waals surface area contributed by atoms with Gasteiger partial charge in [-0.2, -0.15) is 4.39 Å². The van der Waals surface area contributed by atoms with Crippen LogP contribution < -0.4 is 4.43 Å². The van der Waals surface area contributed by atoms with Crippen LogP contribution in [0.5, 0.6) is 5.75 Å². The van der Waals surface area contributed by atoms with Crippen molar-refractivity contribution in [2.45, 2.75) is 198 Å². The molecule has 2 aromatic rings. The lowest BCUT2D eigenvalue weighted by Crippen LogP contribution is -2.43. The van der Waals surface area contributed by atoms with Crippen LogP contribution in [0.1, 0.15) is 131 Å². The molecule has 0 saturated heterocycles. The number of benzene rings is 2. The average molecular weight is 776 g/mol. The van der Waals surface area contributed by atoms with E-state index in [1.54, 1.807) is 6.07 Å². The third-order valence-corrected chi connectivity index (χ3v) is 28.0. The predicted molar refractivity (Wildman–Crippen MR) is 213 cm³/mol. The molecule has 0 spiro atoms. The van der Waals surface area contributed by atoms with Crippen LogP contribution in [0.4, 0.5) is 26.3 Å². The SMILES string of the molecule is CCCCCCCCC[Si](CCCCCCCC[Si](C)(CC)CC)(CCC[Si](CC)(CC)CC)Oc1c(F)c(F)c2[c]c(F)c(F)c(F)c2c1F.